The van der Waals surface area contributed by atoms with E-state index >= 15 is 0 Å². The molecule has 4 nitrogen and oxygen atoms in total. The second-order valence-corrected chi connectivity index (χ2v) is 5.75. The summed E-state index contributed by atoms with van der Waals surface area (Å²) in [6.07, 6.45) is 0.687. The highest BCUT2D eigenvalue weighted by molar-refractivity contribution is 6.33. The molecule has 0 saturated carbocycles. The fourth-order valence-electron chi connectivity index (χ4n) is 2.54. The van der Waals surface area contributed by atoms with Crippen molar-refractivity contribution >= 4 is 23.2 Å². The second-order valence-electron chi connectivity index (χ2n) is 5.37. The van der Waals surface area contributed by atoms with Gasteiger partial charge in [-0.1, -0.05) is 23.7 Å². The zero-order valence-electron chi connectivity index (χ0n) is 12.3. The van der Waals surface area contributed by atoms with Gasteiger partial charge in [0.25, 0.3) is 5.91 Å². The van der Waals surface area contributed by atoms with E-state index in [9.17, 15) is 4.79 Å². The SMILES string of the molecule is Cc1c(Cc2ccc(N)cc2)cc2c(c1Cl)OCCNC2=O. The Morgan fingerprint density at radius 3 is 2.77 bits per heavy atom. The van der Waals surface area contributed by atoms with Crippen LogP contribution in [0.1, 0.15) is 27.0 Å². The summed E-state index contributed by atoms with van der Waals surface area (Å²) in [4.78, 5) is 12.2. The van der Waals surface area contributed by atoms with Crippen LogP contribution < -0.4 is 15.8 Å². The minimum atomic E-state index is -0.145. The number of nitrogen functional groups attached to an aromatic ring is 1. The highest BCUT2D eigenvalue weighted by Crippen LogP contribution is 2.36. The first-order valence-corrected chi connectivity index (χ1v) is 7.51. The number of carbonyl (C=O) groups is 1. The summed E-state index contributed by atoms with van der Waals surface area (Å²) in [5.41, 5.74) is 10.00. The summed E-state index contributed by atoms with van der Waals surface area (Å²) in [5.74, 6) is 0.336. The summed E-state index contributed by atoms with van der Waals surface area (Å²) in [7, 11) is 0. The lowest BCUT2D eigenvalue weighted by molar-refractivity contribution is 0.0957. The van der Waals surface area contributed by atoms with Gasteiger partial charge >= 0.3 is 0 Å². The highest BCUT2D eigenvalue weighted by Gasteiger charge is 2.22. The Balaban J connectivity index is 2.03. The van der Waals surface area contributed by atoms with Gasteiger partial charge in [-0.15, -0.1) is 0 Å². The number of hydrogen-bond donors (Lipinski definition) is 2. The normalized spacial score (nSPS) is 13.8. The first-order valence-electron chi connectivity index (χ1n) is 7.13. The van der Waals surface area contributed by atoms with Crippen molar-refractivity contribution in [3.63, 3.8) is 0 Å². The molecule has 0 unspecified atom stereocenters. The summed E-state index contributed by atoms with van der Waals surface area (Å²) in [5, 5.41) is 3.32. The lowest BCUT2D eigenvalue weighted by atomic mass is 9.97. The number of benzene rings is 2. The fraction of sp³-hybridized carbons (Fsp3) is 0.235. The van der Waals surface area contributed by atoms with Gasteiger partial charge in [0.1, 0.15) is 6.61 Å². The lowest BCUT2D eigenvalue weighted by Crippen LogP contribution is -2.24. The number of nitrogens with one attached hydrogen (secondary N) is 1. The zero-order valence-corrected chi connectivity index (χ0v) is 13.0. The molecule has 5 heteroatoms. The molecule has 0 atom stereocenters. The van der Waals surface area contributed by atoms with E-state index in [2.05, 4.69) is 5.32 Å². The molecular weight excluding hydrogens is 300 g/mol. The Bertz CT molecular complexity index is 726. The smallest absolute Gasteiger partial charge is 0.255 e. The third-order valence-corrected chi connectivity index (χ3v) is 4.28. The van der Waals surface area contributed by atoms with Crippen molar-refractivity contribution in [1.82, 2.24) is 5.32 Å². The number of nitrogens with two attached hydrogens (primary N) is 1. The summed E-state index contributed by atoms with van der Waals surface area (Å²) >= 11 is 6.42. The van der Waals surface area contributed by atoms with Crippen LogP contribution in [0.4, 0.5) is 5.69 Å². The number of fused-ring (bicyclic) bond motifs is 1. The van der Waals surface area contributed by atoms with Crippen molar-refractivity contribution in [3.8, 4) is 5.75 Å². The Morgan fingerprint density at radius 1 is 1.32 bits per heavy atom. The molecule has 0 saturated heterocycles. The van der Waals surface area contributed by atoms with Crippen LogP contribution in [-0.2, 0) is 6.42 Å². The van der Waals surface area contributed by atoms with Crippen LogP contribution in [0.2, 0.25) is 5.02 Å². The topological polar surface area (TPSA) is 64.3 Å². The van der Waals surface area contributed by atoms with Gasteiger partial charge in [-0.3, -0.25) is 4.79 Å². The predicted molar refractivity (Wildman–Crippen MR) is 87.7 cm³/mol. The molecule has 22 heavy (non-hydrogen) atoms. The van der Waals surface area contributed by atoms with Crippen molar-refractivity contribution in [2.75, 3.05) is 18.9 Å². The van der Waals surface area contributed by atoms with E-state index in [0.717, 1.165) is 22.4 Å². The van der Waals surface area contributed by atoms with E-state index < -0.39 is 0 Å². The standard InChI is InChI=1S/C17H17ClN2O2/c1-10-12(8-11-2-4-13(19)5-3-11)9-14-16(15(10)18)22-7-6-20-17(14)21/h2-5,9H,6-8,19H2,1H3,(H,20,21). The van der Waals surface area contributed by atoms with Gasteiger partial charge in [-0.2, -0.15) is 0 Å². The lowest BCUT2D eigenvalue weighted by Gasteiger charge is -2.15. The van der Waals surface area contributed by atoms with E-state index in [-0.39, 0.29) is 5.91 Å². The van der Waals surface area contributed by atoms with Gasteiger partial charge in [0.05, 0.1) is 17.1 Å². The Labute approximate surface area is 134 Å². The van der Waals surface area contributed by atoms with Gasteiger partial charge in [-0.05, 0) is 48.2 Å². The first-order chi connectivity index (χ1) is 10.6. The van der Waals surface area contributed by atoms with Crippen LogP contribution in [0.3, 0.4) is 0 Å². The molecule has 1 aliphatic rings. The molecule has 1 heterocycles. The third-order valence-electron chi connectivity index (χ3n) is 3.83. The Morgan fingerprint density at radius 2 is 2.05 bits per heavy atom. The molecule has 0 bridgehead atoms. The number of amides is 1. The summed E-state index contributed by atoms with van der Waals surface area (Å²) < 4.78 is 5.62. The maximum atomic E-state index is 12.2. The van der Waals surface area contributed by atoms with Crippen LogP contribution in [0.25, 0.3) is 0 Å². The number of rotatable bonds is 2. The Kier molecular flexibility index (Phi) is 3.94. The Hall–Kier alpha value is -2.20. The van der Waals surface area contributed by atoms with E-state index in [1.165, 1.54) is 0 Å². The molecule has 2 aromatic rings. The largest absolute Gasteiger partial charge is 0.489 e. The molecule has 0 aliphatic carbocycles. The van der Waals surface area contributed by atoms with Gasteiger partial charge in [0.15, 0.2) is 5.75 Å². The molecular formula is C17H17ClN2O2. The number of ether oxygens (including phenoxy) is 1. The molecule has 1 amide bonds. The maximum Gasteiger partial charge on any atom is 0.255 e. The number of anilines is 1. The molecule has 0 aromatic heterocycles. The first kappa shape index (κ1) is 14.7. The van der Waals surface area contributed by atoms with Crippen molar-refractivity contribution < 1.29 is 9.53 Å². The third kappa shape index (κ3) is 2.74. The molecule has 0 radical (unpaired) electrons. The highest BCUT2D eigenvalue weighted by atomic mass is 35.5. The van der Waals surface area contributed by atoms with Crippen LogP contribution >= 0.6 is 11.6 Å². The van der Waals surface area contributed by atoms with Gasteiger partial charge < -0.3 is 15.8 Å². The van der Waals surface area contributed by atoms with Crippen LogP contribution in [0.15, 0.2) is 30.3 Å². The van der Waals surface area contributed by atoms with Crippen LogP contribution in [-0.4, -0.2) is 19.1 Å². The minimum absolute atomic E-state index is 0.145. The number of halogens is 1. The van der Waals surface area contributed by atoms with Crippen LogP contribution in [0.5, 0.6) is 5.75 Å². The molecule has 2 aromatic carbocycles. The van der Waals surface area contributed by atoms with Crippen LogP contribution in [0, 0.1) is 6.92 Å². The minimum Gasteiger partial charge on any atom is -0.489 e. The second kappa shape index (κ2) is 5.89. The molecule has 0 spiro atoms. The summed E-state index contributed by atoms with van der Waals surface area (Å²) in [6, 6.07) is 9.56. The predicted octanol–water partition coefficient (Wildman–Crippen LogP) is 2.94. The van der Waals surface area contributed by atoms with E-state index in [1.54, 1.807) is 0 Å². The average Bonchev–Trinajstić information content (AvgIpc) is 2.69. The molecule has 3 N–H and O–H groups in total. The van der Waals surface area contributed by atoms with E-state index in [0.29, 0.717) is 35.9 Å². The van der Waals surface area contributed by atoms with E-state index in [4.69, 9.17) is 22.1 Å². The number of hydrogen-bond acceptors (Lipinski definition) is 3. The molecule has 3 rings (SSSR count). The zero-order chi connectivity index (χ0) is 15.7. The number of carbonyl (C=O) groups excluding carboxylic acids is 1. The van der Waals surface area contributed by atoms with Gasteiger partial charge in [0, 0.05) is 5.69 Å². The van der Waals surface area contributed by atoms with Crippen molar-refractivity contribution in [1.29, 1.82) is 0 Å². The van der Waals surface area contributed by atoms with Gasteiger partial charge in [-0.25, -0.2) is 0 Å². The average molecular weight is 317 g/mol. The van der Waals surface area contributed by atoms with Crippen molar-refractivity contribution in [3.05, 3.63) is 57.6 Å². The van der Waals surface area contributed by atoms with E-state index in [1.807, 2.05) is 37.3 Å². The van der Waals surface area contributed by atoms with Crippen molar-refractivity contribution in [2.24, 2.45) is 0 Å². The van der Waals surface area contributed by atoms with Gasteiger partial charge in [0.2, 0.25) is 0 Å². The molecule has 0 fully saturated rings. The molecule has 1 aliphatic heterocycles. The monoisotopic (exact) mass is 316 g/mol. The quantitative estimate of drug-likeness (QED) is 0.837. The molecule has 114 valence electrons. The maximum absolute atomic E-state index is 12.2. The fourth-order valence-corrected chi connectivity index (χ4v) is 2.82. The summed E-state index contributed by atoms with van der Waals surface area (Å²) in [6.45, 7) is 2.85. The van der Waals surface area contributed by atoms with Crippen molar-refractivity contribution in [2.45, 2.75) is 13.3 Å².